The monoisotopic (exact) mass is 235 g/mol. The highest BCUT2D eigenvalue weighted by atomic mass is 16.5. The molecule has 0 aliphatic heterocycles. The van der Waals surface area contributed by atoms with E-state index in [0.717, 1.165) is 6.42 Å². The minimum Gasteiger partial charge on any atom is -0.475 e. The molecule has 6 heteroatoms. The molecule has 0 spiro atoms. The van der Waals surface area contributed by atoms with Crippen molar-refractivity contribution < 1.29 is 4.74 Å². The van der Waals surface area contributed by atoms with E-state index in [1.165, 1.54) is 0 Å². The van der Waals surface area contributed by atoms with Gasteiger partial charge in [0.1, 0.15) is 0 Å². The number of ether oxygens (including phenoxy) is 1. The number of aromatic nitrogens is 3. The van der Waals surface area contributed by atoms with Crippen molar-refractivity contribution in [1.82, 2.24) is 14.4 Å². The highest BCUT2D eigenvalue weighted by Gasteiger charge is 2.08. The van der Waals surface area contributed by atoms with Crippen molar-refractivity contribution in [2.24, 2.45) is 11.8 Å². The van der Waals surface area contributed by atoms with Gasteiger partial charge in [-0.1, -0.05) is 13.8 Å². The number of hydrogen-bond donors (Lipinski definition) is 2. The summed E-state index contributed by atoms with van der Waals surface area (Å²) in [4.78, 5) is 8.45. The van der Waals surface area contributed by atoms with E-state index in [9.17, 15) is 0 Å². The Bertz CT molecular complexity index is 494. The molecule has 0 aliphatic rings. The van der Waals surface area contributed by atoms with Crippen LogP contribution in [-0.4, -0.2) is 21.0 Å². The van der Waals surface area contributed by atoms with Crippen molar-refractivity contribution >= 4 is 11.5 Å². The topological polar surface area (TPSA) is 77.5 Å². The molecular formula is C11H17N5O. The van der Waals surface area contributed by atoms with Crippen LogP contribution in [0.2, 0.25) is 0 Å². The number of imidazole rings is 1. The lowest BCUT2D eigenvalue weighted by Gasteiger charge is -2.09. The van der Waals surface area contributed by atoms with Gasteiger partial charge in [0.15, 0.2) is 5.82 Å². The fourth-order valence-corrected chi connectivity index (χ4v) is 1.46. The Morgan fingerprint density at radius 1 is 1.53 bits per heavy atom. The predicted octanol–water partition coefficient (Wildman–Crippen LogP) is 1.44. The third-order valence-electron chi connectivity index (χ3n) is 2.43. The third kappa shape index (κ3) is 2.65. The predicted molar refractivity (Wildman–Crippen MR) is 65.7 cm³/mol. The van der Waals surface area contributed by atoms with Crippen LogP contribution < -0.4 is 16.0 Å². The molecule has 0 radical (unpaired) electrons. The normalized spacial score (nSPS) is 11.1. The van der Waals surface area contributed by atoms with E-state index in [0.29, 0.717) is 29.9 Å². The van der Waals surface area contributed by atoms with E-state index in [1.807, 2.05) is 10.6 Å². The molecule has 92 valence electrons. The Kier molecular flexibility index (Phi) is 3.43. The summed E-state index contributed by atoms with van der Waals surface area (Å²) in [6, 6.07) is 0. The number of rotatable bonds is 5. The molecule has 0 aromatic carbocycles. The van der Waals surface area contributed by atoms with Crippen LogP contribution in [-0.2, 0) is 0 Å². The summed E-state index contributed by atoms with van der Waals surface area (Å²) in [5.74, 6) is 7.01. The minimum atomic E-state index is 0.506. The van der Waals surface area contributed by atoms with Gasteiger partial charge in [0, 0.05) is 12.4 Å². The van der Waals surface area contributed by atoms with Gasteiger partial charge in [0.2, 0.25) is 5.65 Å². The Hall–Kier alpha value is -1.82. The van der Waals surface area contributed by atoms with E-state index in [2.05, 4.69) is 29.2 Å². The summed E-state index contributed by atoms with van der Waals surface area (Å²) in [5, 5.41) is 0. The molecule has 0 unspecified atom stereocenters. The quantitative estimate of drug-likeness (QED) is 0.605. The first kappa shape index (κ1) is 11.7. The van der Waals surface area contributed by atoms with Crippen LogP contribution in [0.4, 0.5) is 5.82 Å². The average molecular weight is 235 g/mol. The summed E-state index contributed by atoms with van der Waals surface area (Å²) >= 11 is 0. The summed E-state index contributed by atoms with van der Waals surface area (Å²) in [5.41, 5.74) is 3.21. The van der Waals surface area contributed by atoms with Crippen LogP contribution in [0.15, 0.2) is 18.6 Å². The maximum absolute atomic E-state index is 5.64. The van der Waals surface area contributed by atoms with Crippen molar-refractivity contribution in [2.75, 3.05) is 12.0 Å². The second kappa shape index (κ2) is 5.01. The number of nitrogens with zero attached hydrogens (tertiary/aromatic N) is 3. The van der Waals surface area contributed by atoms with Gasteiger partial charge in [-0.25, -0.2) is 10.8 Å². The van der Waals surface area contributed by atoms with E-state index < -0.39 is 0 Å². The fraction of sp³-hybridized carbons (Fsp3) is 0.455. The van der Waals surface area contributed by atoms with Gasteiger partial charge >= 0.3 is 0 Å². The molecule has 2 heterocycles. The number of fused-ring (bicyclic) bond motifs is 1. The molecule has 2 rings (SSSR count). The van der Waals surface area contributed by atoms with Crippen LogP contribution in [0.3, 0.4) is 0 Å². The minimum absolute atomic E-state index is 0.506. The van der Waals surface area contributed by atoms with Crippen molar-refractivity contribution in [3.05, 3.63) is 18.6 Å². The molecule has 17 heavy (non-hydrogen) atoms. The molecule has 0 fully saturated rings. The molecular weight excluding hydrogens is 218 g/mol. The second-order valence-electron chi connectivity index (χ2n) is 4.26. The number of anilines is 1. The Morgan fingerprint density at radius 3 is 3.06 bits per heavy atom. The zero-order valence-electron chi connectivity index (χ0n) is 10.1. The standard InChI is InChI=1S/C11H17N5O/c1-8(2)3-6-17-11-10-13-4-5-16(10)7-9(14-11)15-12/h4-5,7-8,15H,3,6,12H2,1-2H3. The highest BCUT2D eigenvalue weighted by Crippen LogP contribution is 2.18. The van der Waals surface area contributed by atoms with E-state index in [-0.39, 0.29) is 0 Å². The molecule has 6 nitrogen and oxygen atoms in total. The highest BCUT2D eigenvalue weighted by molar-refractivity contribution is 5.53. The lowest BCUT2D eigenvalue weighted by Crippen LogP contribution is -2.11. The van der Waals surface area contributed by atoms with Gasteiger partial charge < -0.3 is 10.2 Å². The lowest BCUT2D eigenvalue weighted by atomic mass is 10.1. The molecule has 0 atom stereocenters. The number of hydrogen-bond acceptors (Lipinski definition) is 5. The van der Waals surface area contributed by atoms with Crippen molar-refractivity contribution in [3.63, 3.8) is 0 Å². The van der Waals surface area contributed by atoms with Gasteiger partial charge in [0.25, 0.3) is 5.88 Å². The van der Waals surface area contributed by atoms with Gasteiger partial charge in [-0.2, -0.15) is 4.98 Å². The molecule has 3 N–H and O–H groups in total. The van der Waals surface area contributed by atoms with Crippen LogP contribution in [0.25, 0.3) is 5.65 Å². The second-order valence-corrected chi connectivity index (χ2v) is 4.26. The molecule has 2 aromatic heterocycles. The zero-order chi connectivity index (χ0) is 12.3. The Morgan fingerprint density at radius 2 is 2.35 bits per heavy atom. The van der Waals surface area contributed by atoms with Crippen molar-refractivity contribution in [1.29, 1.82) is 0 Å². The number of nitrogens with two attached hydrogens (primary N) is 1. The van der Waals surface area contributed by atoms with Crippen LogP contribution in [0, 0.1) is 5.92 Å². The molecule has 0 saturated carbocycles. The first-order chi connectivity index (χ1) is 8.20. The maximum Gasteiger partial charge on any atom is 0.260 e. The third-order valence-corrected chi connectivity index (χ3v) is 2.43. The van der Waals surface area contributed by atoms with E-state index in [1.54, 1.807) is 12.4 Å². The number of nitrogen functional groups attached to an aromatic ring is 1. The smallest absolute Gasteiger partial charge is 0.260 e. The molecule has 0 amide bonds. The SMILES string of the molecule is CC(C)CCOc1nc(NN)cn2ccnc12. The Balaban J connectivity index is 2.21. The van der Waals surface area contributed by atoms with Gasteiger partial charge in [-0.05, 0) is 12.3 Å². The molecule has 0 aliphatic carbocycles. The van der Waals surface area contributed by atoms with Crippen molar-refractivity contribution in [2.45, 2.75) is 20.3 Å². The van der Waals surface area contributed by atoms with Gasteiger partial charge in [0.05, 0.1) is 12.8 Å². The number of nitrogens with one attached hydrogen (secondary N) is 1. The molecule has 0 bridgehead atoms. The first-order valence-corrected chi connectivity index (χ1v) is 5.64. The van der Waals surface area contributed by atoms with Crippen LogP contribution >= 0.6 is 0 Å². The summed E-state index contributed by atoms with van der Waals surface area (Å²) in [6.07, 6.45) is 6.27. The average Bonchev–Trinajstić information content (AvgIpc) is 2.76. The van der Waals surface area contributed by atoms with E-state index in [4.69, 9.17) is 10.6 Å². The zero-order valence-corrected chi connectivity index (χ0v) is 10.1. The number of hydrazine groups is 1. The first-order valence-electron chi connectivity index (χ1n) is 5.64. The fourth-order valence-electron chi connectivity index (χ4n) is 1.46. The molecule has 0 saturated heterocycles. The summed E-state index contributed by atoms with van der Waals surface area (Å²) < 4.78 is 7.47. The van der Waals surface area contributed by atoms with Crippen LogP contribution in [0.1, 0.15) is 20.3 Å². The van der Waals surface area contributed by atoms with Crippen molar-refractivity contribution in [3.8, 4) is 5.88 Å². The van der Waals surface area contributed by atoms with Gasteiger partial charge in [-0.15, -0.1) is 0 Å². The summed E-state index contributed by atoms with van der Waals surface area (Å²) in [6.45, 7) is 4.93. The van der Waals surface area contributed by atoms with E-state index >= 15 is 0 Å². The summed E-state index contributed by atoms with van der Waals surface area (Å²) in [7, 11) is 0. The lowest BCUT2D eigenvalue weighted by molar-refractivity contribution is 0.281. The Labute approximate surface area is 99.8 Å². The molecule has 2 aromatic rings. The van der Waals surface area contributed by atoms with Gasteiger partial charge in [-0.3, -0.25) is 4.40 Å². The van der Waals surface area contributed by atoms with Crippen LogP contribution in [0.5, 0.6) is 5.88 Å². The largest absolute Gasteiger partial charge is 0.475 e. The maximum atomic E-state index is 5.64.